The molecule has 0 saturated carbocycles. The predicted octanol–water partition coefficient (Wildman–Crippen LogP) is 2.03. The normalized spacial score (nSPS) is 19.8. The molecule has 1 fully saturated rings. The van der Waals surface area contributed by atoms with Crippen molar-refractivity contribution < 1.29 is 9.59 Å². The first kappa shape index (κ1) is 12.6. The van der Waals surface area contributed by atoms with Crippen molar-refractivity contribution in [3.63, 3.8) is 0 Å². The van der Waals surface area contributed by atoms with Crippen LogP contribution in [0.5, 0.6) is 0 Å². The number of carbonyl (C=O) groups is 2. The molecule has 1 heterocycles. The van der Waals surface area contributed by atoms with Gasteiger partial charge in [0.05, 0.1) is 0 Å². The van der Waals surface area contributed by atoms with Crippen LogP contribution in [0.15, 0.2) is 24.3 Å². The number of hydrogen-bond acceptors (Lipinski definition) is 3. The molecular weight excluding hydrogens is 228 g/mol. The molecule has 1 atom stereocenters. The molecule has 1 aliphatic rings. The summed E-state index contributed by atoms with van der Waals surface area (Å²) in [6, 6.07) is 7.72. The molecule has 1 unspecified atom stereocenters. The maximum Gasteiger partial charge on any atom is 0.249 e. The fourth-order valence-electron chi connectivity index (χ4n) is 2.02. The van der Waals surface area contributed by atoms with Crippen LogP contribution < -0.4 is 10.6 Å². The molecule has 0 bridgehead atoms. The lowest BCUT2D eigenvalue weighted by Crippen LogP contribution is -2.47. The first-order valence-electron chi connectivity index (χ1n) is 6.26. The Morgan fingerprint density at radius 2 is 2.11 bits per heavy atom. The maximum absolute atomic E-state index is 11.6. The highest BCUT2D eigenvalue weighted by Crippen LogP contribution is 2.20. The maximum atomic E-state index is 11.6. The largest absolute Gasteiger partial charge is 0.374 e. The number of amides is 2. The highest BCUT2D eigenvalue weighted by molar-refractivity contribution is 6.01. The number of anilines is 1. The Hall–Kier alpha value is -1.84. The van der Waals surface area contributed by atoms with Gasteiger partial charge in [-0.1, -0.05) is 26.0 Å². The van der Waals surface area contributed by atoms with Gasteiger partial charge in [-0.05, 0) is 30.0 Å². The second kappa shape index (κ2) is 5.21. The van der Waals surface area contributed by atoms with Crippen molar-refractivity contribution in [1.29, 1.82) is 0 Å². The molecule has 2 rings (SSSR count). The minimum atomic E-state index is -0.315. The van der Waals surface area contributed by atoms with E-state index in [1.807, 2.05) is 18.2 Å². The van der Waals surface area contributed by atoms with Gasteiger partial charge in [0.2, 0.25) is 11.8 Å². The monoisotopic (exact) mass is 246 g/mol. The molecule has 1 aromatic carbocycles. The molecular formula is C14H18N2O2. The van der Waals surface area contributed by atoms with E-state index in [-0.39, 0.29) is 17.9 Å². The Morgan fingerprint density at radius 1 is 1.33 bits per heavy atom. The molecule has 1 aromatic rings. The van der Waals surface area contributed by atoms with E-state index in [9.17, 15) is 9.59 Å². The topological polar surface area (TPSA) is 58.2 Å². The molecule has 0 spiro atoms. The average Bonchev–Trinajstić information content (AvgIpc) is 2.33. The van der Waals surface area contributed by atoms with Gasteiger partial charge < -0.3 is 5.32 Å². The Bertz CT molecular complexity index is 469. The first-order valence-corrected chi connectivity index (χ1v) is 6.26. The van der Waals surface area contributed by atoms with Crippen LogP contribution in [-0.4, -0.2) is 17.9 Å². The molecule has 0 aromatic heterocycles. The van der Waals surface area contributed by atoms with Crippen LogP contribution in [-0.2, 0) is 9.59 Å². The summed E-state index contributed by atoms with van der Waals surface area (Å²) in [6.07, 6.45) is 0.948. The molecule has 96 valence electrons. The van der Waals surface area contributed by atoms with Gasteiger partial charge in [-0.15, -0.1) is 0 Å². The molecule has 1 saturated heterocycles. The van der Waals surface area contributed by atoms with Crippen molar-refractivity contribution >= 4 is 17.5 Å². The van der Waals surface area contributed by atoms with Gasteiger partial charge in [0.25, 0.3) is 0 Å². The van der Waals surface area contributed by atoms with Crippen molar-refractivity contribution in [3.05, 3.63) is 29.8 Å². The van der Waals surface area contributed by atoms with E-state index < -0.39 is 0 Å². The zero-order valence-electron chi connectivity index (χ0n) is 10.7. The van der Waals surface area contributed by atoms with E-state index in [1.165, 1.54) is 5.56 Å². The minimum absolute atomic E-state index is 0.186. The average molecular weight is 246 g/mol. The molecule has 2 amide bonds. The van der Waals surface area contributed by atoms with E-state index in [0.717, 1.165) is 5.69 Å². The molecule has 0 radical (unpaired) electrons. The lowest BCUT2D eigenvalue weighted by molar-refractivity contribution is -0.133. The van der Waals surface area contributed by atoms with E-state index in [2.05, 4.69) is 30.5 Å². The van der Waals surface area contributed by atoms with Crippen LogP contribution >= 0.6 is 0 Å². The van der Waals surface area contributed by atoms with Gasteiger partial charge in [0, 0.05) is 12.1 Å². The second-order valence-corrected chi connectivity index (χ2v) is 4.93. The Kier molecular flexibility index (Phi) is 3.65. The van der Waals surface area contributed by atoms with E-state index >= 15 is 0 Å². The van der Waals surface area contributed by atoms with Gasteiger partial charge in [0.1, 0.15) is 6.04 Å². The van der Waals surface area contributed by atoms with E-state index in [1.54, 1.807) is 0 Å². The van der Waals surface area contributed by atoms with Crippen LogP contribution in [0, 0.1) is 0 Å². The van der Waals surface area contributed by atoms with Gasteiger partial charge >= 0.3 is 0 Å². The Balaban J connectivity index is 2.07. The van der Waals surface area contributed by atoms with Crippen LogP contribution in [0.25, 0.3) is 0 Å². The van der Waals surface area contributed by atoms with Crippen LogP contribution in [0.2, 0.25) is 0 Å². The summed E-state index contributed by atoms with van der Waals surface area (Å²) < 4.78 is 0. The second-order valence-electron chi connectivity index (χ2n) is 4.93. The van der Waals surface area contributed by atoms with Crippen molar-refractivity contribution in [2.45, 2.75) is 38.6 Å². The van der Waals surface area contributed by atoms with Gasteiger partial charge in [-0.25, -0.2) is 0 Å². The summed E-state index contributed by atoms with van der Waals surface area (Å²) in [6.45, 7) is 4.26. The van der Waals surface area contributed by atoms with Crippen LogP contribution in [0.3, 0.4) is 0 Å². The SMILES string of the molecule is CC(C)c1cccc(NC2CCC(=O)NC2=O)c1. The fraction of sp³-hybridized carbons (Fsp3) is 0.429. The summed E-state index contributed by atoms with van der Waals surface area (Å²) in [5.74, 6) is 0.0312. The van der Waals surface area contributed by atoms with Crippen LogP contribution in [0.4, 0.5) is 5.69 Å². The molecule has 18 heavy (non-hydrogen) atoms. The summed E-state index contributed by atoms with van der Waals surface area (Å²) >= 11 is 0. The molecule has 1 aliphatic heterocycles. The fourth-order valence-corrected chi connectivity index (χ4v) is 2.02. The molecule has 4 heteroatoms. The number of rotatable bonds is 3. The highest BCUT2D eigenvalue weighted by atomic mass is 16.2. The quantitative estimate of drug-likeness (QED) is 0.802. The lowest BCUT2D eigenvalue weighted by atomic mass is 10.0. The van der Waals surface area contributed by atoms with Crippen LogP contribution in [0.1, 0.15) is 38.2 Å². The van der Waals surface area contributed by atoms with E-state index in [4.69, 9.17) is 0 Å². The summed E-state index contributed by atoms with van der Waals surface area (Å²) in [4.78, 5) is 22.7. The smallest absolute Gasteiger partial charge is 0.249 e. The molecule has 0 aliphatic carbocycles. The van der Waals surface area contributed by atoms with Crippen molar-refractivity contribution in [2.24, 2.45) is 0 Å². The first-order chi connectivity index (χ1) is 8.56. The van der Waals surface area contributed by atoms with Crippen molar-refractivity contribution in [3.8, 4) is 0 Å². The third-order valence-corrected chi connectivity index (χ3v) is 3.13. The van der Waals surface area contributed by atoms with Gasteiger partial charge in [0.15, 0.2) is 0 Å². The number of piperidine rings is 1. The zero-order chi connectivity index (χ0) is 13.1. The van der Waals surface area contributed by atoms with E-state index in [0.29, 0.717) is 18.8 Å². The van der Waals surface area contributed by atoms with Gasteiger partial charge in [-0.2, -0.15) is 0 Å². The number of benzene rings is 1. The van der Waals surface area contributed by atoms with Crippen molar-refractivity contribution in [1.82, 2.24) is 5.32 Å². The zero-order valence-corrected chi connectivity index (χ0v) is 10.7. The number of nitrogens with one attached hydrogen (secondary N) is 2. The summed E-state index contributed by atoms with van der Waals surface area (Å²) in [5, 5.41) is 5.53. The Morgan fingerprint density at radius 3 is 2.78 bits per heavy atom. The summed E-state index contributed by atoms with van der Waals surface area (Å²) in [5.41, 5.74) is 2.16. The lowest BCUT2D eigenvalue weighted by Gasteiger charge is -2.23. The minimum Gasteiger partial charge on any atom is -0.374 e. The predicted molar refractivity (Wildman–Crippen MR) is 70.3 cm³/mol. The highest BCUT2D eigenvalue weighted by Gasteiger charge is 2.26. The molecule has 4 nitrogen and oxygen atoms in total. The standard InChI is InChI=1S/C14H18N2O2/c1-9(2)10-4-3-5-11(8-10)15-12-6-7-13(17)16-14(12)18/h3-5,8-9,12,15H,6-7H2,1-2H3,(H,16,17,18). The van der Waals surface area contributed by atoms with Crippen molar-refractivity contribution in [2.75, 3.05) is 5.32 Å². The third-order valence-electron chi connectivity index (χ3n) is 3.13. The third kappa shape index (κ3) is 2.88. The summed E-state index contributed by atoms with van der Waals surface area (Å²) in [7, 11) is 0. The number of imide groups is 1. The van der Waals surface area contributed by atoms with Gasteiger partial charge in [-0.3, -0.25) is 14.9 Å². The Labute approximate surface area is 107 Å². The number of carbonyl (C=O) groups excluding carboxylic acids is 2. The molecule has 2 N–H and O–H groups in total. The number of hydrogen-bond donors (Lipinski definition) is 2.